The maximum atomic E-state index is 5.79. The summed E-state index contributed by atoms with van der Waals surface area (Å²) in [6.45, 7) is 2.88. The number of nitrogens with zero attached hydrogens (tertiary/aromatic N) is 1. The maximum absolute atomic E-state index is 5.79. The molecule has 2 fully saturated rings. The first kappa shape index (κ1) is 11.3. The molecule has 2 rings (SSSR count). The minimum atomic E-state index is 0.273. The van der Waals surface area contributed by atoms with E-state index in [-0.39, 0.29) is 6.10 Å². The van der Waals surface area contributed by atoms with Gasteiger partial charge in [0.15, 0.2) is 0 Å². The molecule has 4 nitrogen and oxygen atoms in total. The Morgan fingerprint density at radius 3 is 2.87 bits per heavy atom. The zero-order valence-electron chi connectivity index (χ0n) is 9.61. The SMILES string of the molecule is CN1CCOC(C(CC2CCC2)NN)C1. The van der Waals surface area contributed by atoms with Gasteiger partial charge in [0.2, 0.25) is 0 Å². The molecule has 1 saturated heterocycles. The number of hydrogen-bond acceptors (Lipinski definition) is 4. The van der Waals surface area contributed by atoms with Crippen molar-refractivity contribution in [2.45, 2.75) is 37.8 Å². The van der Waals surface area contributed by atoms with Crippen molar-refractivity contribution >= 4 is 0 Å². The standard InChI is InChI=1S/C11H23N3O/c1-14-5-6-15-11(8-14)10(13-12)7-9-3-2-4-9/h9-11,13H,2-8,12H2,1H3. The summed E-state index contributed by atoms with van der Waals surface area (Å²) in [5, 5.41) is 0. The number of nitrogens with one attached hydrogen (secondary N) is 1. The highest BCUT2D eigenvalue weighted by Gasteiger charge is 2.30. The van der Waals surface area contributed by atoms with Crippen LogP contribution < -0.4 is 11.3 Å². The fourth-order valence-electron chi connectivity index (χ4n) is 2.47. The van der Waals surface area contributed by atoms with Crippen molar-refractivity contribution in [3.63, 3.8) is 0 Å². The third kappa shape index (κ3) is 2.91. The molecule has 1 saturated carbocycles. The molecule has 0 amide bonds. The highest BCUT2D eigenvalue weighted by molar-refractivity contribution is 4.84. The number of morpholine rings is 1. The van der Waals surface area contributed by atoms with Crippen LogP contribution in [-0.2, 0) is 4.74 Å². The van der Waals surface area contributed by atoms with Crippen LogP contribution in [0.1, 0.15) is 25.7 Å². The van der Waals surface area contributed by atoms with Gasteiger partial charge in [0.25, 0.3) is 0 Å². The van der Waals surface area contributed by atoms with Gasteiger partial charge in [0.1, 0.15) is 0 Å². The molecule has 1 aliphatic carbocycles. The number of hydrazine groups is 1. The van der Waals surface area contributed by atoms with E-state index in [0.29, 0.717) is 6.04 Å². The van der Waals surface area contributed by atoms with Crippen molar-refractivity contribution in [2.75, 3.05) is 26.7 Å². The first-order chi connectivity index (χ1) is 7.29. The molecule has 1 heterocycles. The fraction of sp³-hybridized carbons (Fsp3) is 1.00. The third-order valence-electron chi connectivity index (χ3n) is 3.77. The van der Waals surface area contributed by atoms with Crippen LogP contribution in [0.3, 0.4) is 0 Å². The quantitative estimate of drug-likeness (QED) is 0.522. The molecule has 0 aromatic rings. The first-order valence-corrected chi connectivity index (χ1v) is 6.06. The molecule has 0 bridgehead atoms. The Bertz CT molecular complexity index is 196. The zero-order valence-corrected chi connectivity index (χ0v) is 9.61. The molecule has 0 radical (unpaired) electrons. The van der Waals surface area contributed by atoms with Crippen LogP contribution in [-0.4, -0.2) is 43.8 Å². The summed E-state index contributed by atoms with van der Waals surface area (Å²) in [6.07, 6.45) is 5.60. The Morgan fingerprint density at radius 1 is 1.53 bits per heavy atom. The smallest absolute Gasteiger partial charge is 0.0868 e. The normalized spacial score (nSPS) is 31.2. The number of ether oxygens (including phenoxy) is 1. The van der Waals surface area contributed by atoms with Gasteiger partial charge in [-0.25, -0.2) is 0 Å². The fourth-order valence-corrected chi connectivity index (χ4v) is 2.47. The van der Waals surface area contributed by atoms with Crippen LogP contribution in [0.2, 0.25) is 0 Å². The van der Waals surface area contributed by atoms with Crippen LogP contribution in [0.5, 0.6) is 0 Å². The van der Waals surface area contributed by atoms with E-state index in [2.05, 4.69) is 17.4 Å². The molecular weight excluding hydrogens is 190 g/mol. The van der Waals surface area contributed by atoms with Crippen molar-refractivity contribution in [2.24, 2.45) is 11.8 Å². The lowest BCUT2D eigenvalue weighted by molar-refractivity contribution is -0.0443. The highest BCUT2D eigenvalue weighted by Crippen LogP contribution is 2.31. The molecule has 15 heavy (non-hydrogen) atoms. The monoisotopic (exact) mass is 213 g/mol. The van der Waals surface area contributed by atoms with Crippen LogP contribution in [0.25, 0.3) is 0 Å². The largest absolute Gasteiger partial charge is 0.374 e. The second-order valence-corrected chi connectivity index (χ2v) is 4.98. The third-order valence-corrected chi connectivity index (χ3v) is 3.77. The minimum Gasteiger partial charge on any atom is -0.374 e. The molecule has 4 heteroatoms. The molecular formula is C11H23N3O. The molecule has 0 aromatic heterocycles. The van der Waals surface area contributed by atoms with Crippen LogP contribution in [0, 0.1) is 5.92 Å². The number of hydrogen-bond donors (Lipinski definition) is 2. The van der Waals surface area contributed by atoms with Gasteiger partial charge < -0.3 is 9.64 Å². The van der Waals surface area contributed by atoms with Crippen molar-refractivity contribution < 1.29 is 4.74 Å². The topological polar surface area (TPSA) is 50.5 Å². The van der Waals surface area contributed by atoms with E-state index in [1.54, 1.807) is 0 Å². The average Bonchev–Trinajstić information content (AvgIpc) is 2.16. The Labute approximate surface area is 92.1 Å². The Balaban J connectivity index is 1.81. The molecule has 0 aromatic carbocycles. The Hall–Kier alpha value is -0.160. The lowest BCUT2D eigenvalue weighted by Crippen LogP contribution is -2.54. The summed E-state index contributed by atoms with van der Waals surface area (Å²) < 4.78 is 5.79. The van der Waals surface area contributed by atoms with E-state index in [4.69, 9.17) is 10.6 Å². The van der Waals surface area contributed by atoms with Crippen molar-refractivity contribution in [3.8, 4) is 0 Å². The van der Waals surface area contributed by atoms with Crippen LogP contribution in [0.15, 0.2) is 0 Å². The minimum absolute atomic E-state index is 0.273. The molecule has 1 aliphatic heterocycles. The van der Waals surface area contributed by atoms with E-state index < -0.39 is 0 Å². The molecule has 2 aliphatic rings. The lowest BCUT2D eigenvalue weighted by Gasteiger charge is -2.37. The molecule has 0 spiro atoms. The summed E-state index contributed by atoms with van der Waals surface area (Å²) in [5.41, 5.74) is 2.94. The van der Waals surface area contributed by atoms with E-state index in [9.17, 15) is 0 Å². The predicted octanol–water partition coefficient (Wildman–Crippen LogP) is 0.339. The van der Waals surface area contributed by atoms with E-state index in [1.807, 2.05) is 0 Å². The summed E-state index contributed by atoms with van der Waals surface area (Å²) >= 11 is 0. The second kappa shape index (κ2) is 5.25. The second-order valence-electron chi connectivity index (χ2n) is 4.98. The summed E-state index contributed by atoms with van der Waals surface area (Å²) in [7, 11) is 2.15. The van der Waals surface area contributed by atoms with Gasteiger partial charge in [-0.05, 0) is 19.4 Å². The van der Waals surface area contributed by atoms with Crippen molar-refractivity contribution in [1.29, 1.82) is 0 Å². The van der Waals surface area contributed by atoms with Gasteiger partial charge in [-0.15, -0.1) is 0 Å². The van der Waals surface area contributed by atoms with Gasteiger partial charge in [-0.2, -0.15) is 0 Å². The molecule has 2 atom stereocenters. The maximum Gasteiger partial charge on any atom is 0.0868 e. The van der Waals surface area contributed by atoms with E-state index >= 15 is 0 Å². The lowest BCUT2D eigenvalue weighted by atomic mass is 9.80. The van der Waals surface area contributed by atoms with Crippen molar-refractivity contribution in [1.82, 2.24) is 10.3 Å². The summed E-state index contributed by atoms with van der Waals surface area (Å²) in [5.74, 6) is 6.50. The predicted molar refractivity (Wildman–Crippen MR) is 60.3 cm³/mol. The number of nitrogens with two attached hydrogens (primary N) is 1. The average molecular weight is 213 g/mol. The number of rotatable bonds is 4. The van der Waals surface area contributed by atoms with Crippen molar-refractivity contribution in [3.05, 3.63) is 0 Å². The summed E-state index contributed by atoms with van der Waals surface area (Å²) in [6, 6.07) is 0.332. The van der Waals surface area contributed by atoms with Crippen LogP contribution in [0.4, 0.5) is 0 Å². The van der Waals surface area contributed by atoms with Gasteiger partial charge in [0, 0.05) is 19.1 Å². The Morgan fingerprint density at radius 2 is 2.33 bits per heavy atom. The summed E-state index contributed by atoms with van der Waals surface area (Å²) in [4.78, 5) is 2.32. The van der Waals surface area contributed by atoms with Gasteiger partial charge in [-0.1, -0.05) is 19.3 Å². The highest BCUT2D eigenvalue weighted by atomic mass is 16.5. The molecule has 3 N–H and O–H groups in total. The van der Waals surface area contributed by atoms with Gasteiger partial charge >= 0.3 is 0 Å². The molecule has 88 valence electrons. The van der Waals surface area contributed by atoms with E-state index in [0.717, 1.165) is 25.6 Å². The van der Waals surface area contributed by atoms with Crippen LogP contribution >= 0.6 is 0 Å². The van der Waals surface area contributed by atoms with E-state index in [1.165, 1.54) is 25.7 Å². The molecule has 2 unspecified atom stereocenters. The first-order valence-electron chi connectivity index (χ1n) is 6.06. The van der Waals surface area contributed by atoms with Gasteiger partial charge in [0.05, 0.1) is 12.7 Å². The number of likely N-dealkylation sites (N-methyl/N-ethyl adjacent to an activating group) is 1. The van der Waals surface area contributed by atoms with Gasteiger partial charge in [-0.3, -0.25) is 11.3 Å². The zero-order chi connectivity index (χ0) is 10.7. The Kier molecular flexibility index (Phi) is 3.97.